The minimum absolute atomic E-state index is 0.210. The molecule has 0 atom stereocenters. The average Bonchev–Trinajstić information content (AvgIpc) is 2.21. The van der Waals surface area contributed by atoms with Crippen LogP contribution in [0.5, 0.6) is 5.75 Å². The smallest absolute Gasteiger partial charge is 0.335 e. The Balaban J connectivity index is 2.23. The van der Waals surface area contributed by atoms with Gasteiger partial charge in [0.1, 0.15) is 5.75 Å². The van der Waals surface area contributed by atoms with Gasteiger partial charge in [0.2, 0.25) is 0 Å². The number of nitrogens with zero attached hydrogens (tertiary/aromatic N) is 1. The third-order valence-corrected chi connectivity index (χ3v) is 1.91. The van der Waals surface area contributed by atoms with Crippen LogP contribution in [-0.2, 0) is 0 Å². The lowest BCUT2D eigenvalue weighted by molar-refractivity contribution is 0.241. The molecule has 0 radical (unpaired) electrons. The summed E-state index contributed by atoms with van der Waals surface area (Å²) in [6.45, 7) is 0.399. The quantitative estimate of drug-likeness (QED) is 0.601. The Kier molecular flexibility index (Phi) is 2.06. The van der Waals surface area contributed by atoms with Crippen molar-refractivity contribution in [1.82, 2.24) is 10.7 Å². The van der Waals surface area contributed by atoms with Crippen LogP contribution in [0.2, 0.25) is 0 Å². The Labute approximate surface area is 80.4 Å². The van der Waals surface area contributed by atoms with Gasteiger partial charge in [0, 0.05) is 0 Å². The number of hydrogen-bond donors (Lipinski definition) is 3. The van der Waals surface area contributed by atoms with Gasteiger partial charge < -0.3 is 10.4 Å². The van der Waals surface area contributed by atoms with Crippen molar-refractivity contribution in [3.63, 3.8) is 0 Å². The van der Waals surface area contributed by atoms with Crippen molar-refractivity contribution in [2.75, 3.05) is 6.54 Å². The molecule has 0 aromatic heterocycles. The molecule has 3 N–H and O–H groups in total. The number of nitrogens with one attached hydrogen (secondary N) is 2. The average molecular weight is 191 g/mol. The van der Waals surface area contributed by atoms with Crippen molar-refractivity contribution in [3.05, 3.63) is 29.8 Å². The molecule has 0 fully saturated rings. The summed E-state index contributed by atoms with van der Waals surface area (Å²) in [4.78, 5) is 10.7. The Morgan fingerprint density at radius 1 is 1.29 bits per heavy atom. The number of phenolic OH excluding ortho intramolecular Hbond substituents is 1. The van der Waals surface area contributed by atoms with E-state index in [1.165, 1.54) is 0 Å². The predicted octanol–water partition coefficient (Wildman–Crippen LogP) is 0.409. The molecule has 0 bridgehead atoms. The largest absolute Gasteiger partial charge is 0.508 e. The van der Waals surface area contributed by atoms with Gasteiger partial charge in [-0.2, -0.15) is 5.10 Å². The van der Waals surface area contributed by atoms with Crippen LogP contribution in [0.25, 0.3) is 0 Å². The summed E-state index contributed by atoms with van der Waals surface area (Å²) in [6.07, 6.45) is 0. The molecule has 72 valence electrons. The van der Waals surface area contributed by atoms with Crippen molar-refractivity contribution < 1.29 is 9.90 Å². The standard InChI is InChI=1S/C9H9N3O2/c13-7-3-1-6(2-4-7)8-5-10-9(14)12-11-8/h1-4,13H,5H2,(H2,10,12,14). The second kappa shape index (κ2) is 3.37. The van der Waals surface area contributed by atoms with E-state index < -0.39 is 0 Å². The minimum atomic E-state index is -0.299. The van der Waals surface area contributed by atoms with Gasteiger partial charge in [-0.05, 0) is 29.8 Å². The molecular weight excluding hydrogens is 182 g/mol. The van der Waals surface area contributed by atoms with E-state index in [9.17, 15) is 4.79 Å². The highest BCUT2D eigenvalue weighted by Gasteiger charge is 2.11. The van der Waals surface area contributed by atoms with Crippen molar-refractivity contribution in [2.24, 2.45) is 5.10 Å². The molecule has 1 aliphatic heterocycles. The Morgan fingerprint density at radius 2 is 2.00 bits per heavy atom. The van der Waals surface area contributed by atoms with Crippen LogP contribution in [0.3, 0.4) is 0 Å². The molecule has 2 amide bonds. The first-order chi connectivity index (χ1) is 6.75. The van der Waals surface area contributed by atoms with E-state index in [-0.39, 0.29) is 11.8 Å². The normalized spacial score (nSPS) is 15.4. The molecule has 0 saturated heterocycles. The zero-order valence-corrected chi connectivity index (χ0v) is 7.32. The molecular formula is C9H9N3O2. The highest BCUT2D eigenvalue weighted by Crippen LogP contribution is 2.10. The zero-order valence-electron chi connectivity index (χ0n) is 7.32. The number of amides is 2. The summed E-state index contributed by atoms with van der Waals surface area (Å²) in [5.41, 5.74) is 3.93. The molecule has 1 heterocycles. The molecule has 0 unspecified atom stereocenters. The van der Waals surface area contributed by atoms with E-state index in [2.05, 4.69) is 15.8 Å². The molecule has 14 heavy (non-hydrogen) atoms. The van der Waals surface area contributed by atoms with Crippen molar-refractivity contribution >= 4 is 11.7 Å². The molecule has 0 aliphatic carbocycles. The van der Waals surface area contributed by atoms with E-state index in [0.717, 1.165) is 11.3 Å². The van der Waals surface area contributed by atoms with Crippen LogP contribution in [-0.4, -0.2) is 23.4 Å². The first-order valence-electron chi connectivity index (χ1n) is 4.15. The van der Waals surface area contributed by atoms with Gasteiger partial charge >= 0.3 is 6.03 Å². The SMILES string of the molecule is O=C1NCC(c2ccc(O)cc2)=NN1. The fraction of sp³-hybridized carbons (Fsp3) is 0.111. The number of hydrazone groups is 1. The van der Waals surface area contributed by atoms with Crippen molar-refractivity contribution in [1.29, 1.82) is 0 Å². The van der Waals surface area contributed by atoms with Gasteiger partial charge in [-0.3, -0.25) is 0 Å². The van der Waals surface area contributed by atoms with Crippen LogP contribution < -0.4 is 10.7 Å². The maximum absolute atomic E-state index is 10.7. The summed E-state index contributed by atoms with van der Waals surface area (Å²) in [6, 6.07) is 6.34. The Bertz CT molecular complexity index is 384. The summed E-state index contributed by atoms with van der Waals surface area (Å²) in [7, 11) is 0. The molecule has 1 aromatic rings. The lowest BCUT2D eigenvalue weighted by Crippen LogP contribution is -2.42. The maximum Gasteiger partial charge on any atom is 0.335 e. The number of carbonyl (C=O) groups excluding carboxylic acids is 1. The van der Waals surface area contributed by atoms with Gasteiger partial charge in [-0.25, -0.2) is 10.2 Å². The number of rotatable bonds is 1. The van der Waals surface area contributed by atoms with E-state index in [1.807, 2.05) is 0 Å². The molecule has 0 saturated carbocycles. The highest BCUT2D eigenvalue weighted by molar-refractivity contribution is 6.05. The topological polar surface area (TPSA) is 73.7 Å². The third-order valence-electron chi connectivity index (χ3n) is 1.91. The number of hydrogen-bond acceptors (Lipinski definition) is 3. The lowest BCUT2D eigenvalue weighted by atomic mass is 10.1. The summed E-state index contributed by atoms with van der Waals surface area (Å²) < 4.78 is 0. The second-order valence-electron chi connectivity index (χ2n) is 2.90. The summed E-state index contributed by atoms with van der Waals surface area (Å²) in [5, 5.41) is 15.6. The van der Waals surface area contributed by atoms with Crippen LogP contribution in [0.4, 0.5) is 4.79 Å². The Morgan fingerprint density at radius 3 is 2.57 bits per heavy atom. The van der Waals surface area contributed by atoms with Crippen molar-refractivity contribution in [3.8, 4) is 5.75 Å². The van der Waals surface area contributed by atoms with Gasteiger partial charge in [-0.15, -0.1) is 0 Å². The zero-order chi connectivity index (χ0) is 9.97. The van der Waals surface area contributed by atoms with Crippen LogP contribution in [0.15, 0.2) is 29.4 Å². The van der Waals surface area contributed by atoms with Crippen molar-refractivity contribution in [2.45, 2.75) is 0 Å². The van der Waals surface area contributed by atoms with Gasteiger partial charge in [0.05, 0.1) is 12.3 Å². The third kappa shape index (κ3) is 1.66. The molecule has 5 nitrogen and oxygen atoms in total. The first-order valence-corrected chi connectivity index (χ1v) is 4.15. The fourth-order valence-electron chi connectivity index (χ4n) is 1.18. The van der Waals surface area contributed by atoms with Gasteiger partial charge in [0.15, 0.2) is 0 Å². The number of phenols is 1. The van der Waals surface area contributed by atoms with Crippen LogP contribution >= 0.6 is 0 Å². The maximum atomic E-state index is 10.7. The van der Waals surface area contributed by atoms with Crippen LogP contribution in [0.1, 0.15) is 5.56 Å². The Hall–Kier alpha value is -2.04. The first kappa shape index (κ1) is 8.55. The minimum Gasteiger partial charge on any atom is -0.508 e. The monoisotopic (exact) mass is 191 g/mol. The van der Waals surface area contributed by atoms with Gasteiger partial charge in [0.25, 0.3) is 0 Å². The fourth-order valence-corrected chi connectivity index (χ4v) is 1.18. The highest BCUT2D eigenvalue weighted by atomic mass is 16.3. The van der Waals surface area contributed by atoms with E-state index in [0.29, 0.717) is 6.54 Å². The molecule has 1 aliphatic rings. The number of aromatic hydroxyl groups is 1. The number of benzene rings is 1. The molecule has 0 spiro atoms. The second-order valence-corrected chi connectivity index (χ2v) is 2.90. The number of urea groups is 1. The summed E-state index contributed by atoms with van der Waals surface area (Å²) >= 11 is 0. The molecule has 1 aromatic carbocycles. The number of carbonyl (C=O) groups is 1. The van der Waals surface area contributed by atoms with Crippen LogP contribution in [0, 0.1) is 0 Å². The van der Waals surface area contributed by atoms with E-state index in [4.69, 9.17) is 5.11 Å². The molecule has 2 rings (SSSR count). The van der Waals surface area contributed by atoms with Gasteiger partial charge in [-0.1, -0.05) is 0 Å². The molecule has 5 heteroatoms. The predicted molar refractivity (Wildman–Crippen MR) is 51.2 cm³/mol. The van der Waals surface area contributed by atoms with E-state index in [1.54, 1.807) is 24.3 Å². The summed E-state index contributed by atoms with van der Waals surface area (Å²) in [5.74, 6) is 0.210. The lowest BCUT2D eigenvalue weighted by Gasteiger charge is -2.13. The van der Waals surface area contributed by atoms with E-state index >= 15 is 0 Å².